The summed E-state index contributed by atoms with van der Waals surface area (Å²) in [5, 5.41) is 20.5. The van der Waals surface area contributed by atoms with Crippen LogP contribution in [0.1, 0.15) is 22.7 Å². The molecule has 3 aromatic carbocycles. The lowest BCUT2D eigenvalue weighted by molar-refractivity contribution is -0.200. The maximum Gasteiger partial charge on any atom is 0.493 e. The number of benzene rings is 3. The number of aromatic nitrogens is 3. The molecule has 4 aromatic rings. The molecule has 0 aliphatic heterocycles. The number of alkyl halides is 3. The summed E-state index contributed by atoms with van der Waals surface area (Å²) in [5.41, 5.74) is 2.58. The normalized spacial score (nSPS) is 16.7. The molecule has 12 heteroatoms. The van der Waals surface area contributed by atoms with Crippen molar-refractivity contribution in [3.8, 4) is 5.69 Å². The maximum absolute atomic E-state index is 12.8. The molecule has 0 bridgehead atoms. The van der Waals surface area contributed by atoms with E-state index in [4.69, 9.17) is 0 Å². The summed E-state index contributed by atoms with van der Waals surface area (Å²) in [5.74, 6) is -2.99. The van der Waals surface area contributed by atoms with Gasteiger partial charge in [0.1, 0.15) is 0 Å². The predicted molar refractivity (Wildman–Crippen MR) is 131 cm³/mol. The Morgan fingerprint density at radius 3 is 2.42 bits per heavy atom. The number of hydrogen-bond acceptors (Lipinski definition) is 7. The van der Waals surface area contributed by atoms with Gasteiger partial charge in [0.15, 0.2) is 0 Å². The van der Waals surface area contributed by atoms with E-state index in [2.05, 4.69) is 20.6 Å². The first-order chi connectivity index (χ1) is 18.2. The molecule has 0 saturated carbocycles. The highest BCUT2D eigenvalue weighted by molar-refractivity contribution is 5.76. The number of rotatable bonds is 7. The first kappa shape index (κ1) is 25.2. The maximum atomic E-state index is 12.8. The Morgan fingerprint density at radius 2 is 1.71 bits per heavy atom. The van der Waals surface area contributed by atoms with Gasteiger partial charge in [0.25, 0.3) is 5.95 Å². The zero-order valence-corrected chi connectivity index (χ0v) is 19.7. The fourth-order valence-electron chi connectivity index (χ4n) is 4.27. The van der Waals surface area contributed by atoms with Gasteiger partial charge in [-0.2, -0.15) is 17.9 Å². The second-order valence-electron chi connectivity index (χ2n) is 8.68. The second kappa shape index (κ2) is 10.1. The van der Waals surface area contributed by atoms with Gasteiger partial charge in [-0.15, -0.1) is 5.10 Å². The van der Waals surface area contributed by atoms with E-state index in [1.54, 1.807) is 42.5 Å². The van der Waals surface area contributed by atoms with Crippen molar-refractivity contribution in [3.05, 3.63) is 106 Å². The minimum atomic E-state index is -5.31. The van der Waals surface area contributed by atoms with Crippen LogP contribution < -0.4 is 21.2 Å². The Morgan fingerprint density at radius 1 is 1.03 bits per heavy atom. The number of carbonyl (C=O) groups is 1. The number of fused-ring (bicyclic) bond motifs is 1. The molecule has 0 radical (unpaired) electrons. The summed E-state index contributed by atoms with van der Waals surface area (Å²) in [6.07, 6.45) is -5.27. The van der Waals surface area contributed by atoms with Gasteiger partial charge in [0, 0.05) is 18.7 Å². The van der Waals surface area contributed by atoms with Crippen molar-refractivity contribution < 1.29 is 27.9 Å². The average Bonchev–Trinajstić information content (AvgIpc) is 3.39. The molecule has 0 saturated heterocycles. The van der Waals surface area contributed by atoms with Crippen LogP contribution in [0.3, 0.4) is 0 Å². The summed E-state index contributed by atoms with van der Waals surface area (Å²) in [6.45, 7) is 0.451. The third-order valence-electron chi connectivity index (χ3n) is 6.09. The van der Waals surface area contributed by atoms with Crippen LogP contribution in [0.4, 0.5) is 24.8 Å². The lowest BCUT2D eigenvalue weighted by atomic mass is 10.1. The van der Waals surface area contributed by atoms with Gasteiger partial charge in [-0.1, -0.05) is 59.3 Å². The van der Waals surface area contributed by atoms with Gasteiger partial charge >= 0.3 is 17.8 Å². The SMILES string of the molecule is O=C(On1c(Nc2ccc(CN[C@@H]3c4ccccc4C[C@@H]3O)cc2)nn(-c2ccccc2)c1=O)C(F)(F)F. The van der Waals surface area contributed by atoms with Gasteiger partial charge in [-0.25, -0.2) is 9.59 Å². The van der Waals surface area contributed by atoms with Crippen molar-refractivity contribution in [2.45, 2.75) is 31.3 Å². The molecule has 0 amide bonds. The topological polar surface area (TPSA) is 110 Å². The summed E-state index contributed by atoms with van der Waals surface area (Å²) in [4.78, 5) is 28.6. The lowest BCUT2D eigenvalue weighted by Crippen LogP contribution is -2.39. The monoisotopic (exact) mass is 525 g/mol. The molecule has 1 aromatic heterocycles. The first-order valence-corrected chi connectivity index (χ1v) is 11.6. The van der Waals surface area contributed by atoms with Crippen LogP contribution in [0, 0.1) is 0 Å². The van der Waals surface area contributed by atoms with E-state index in [-0.39, 0.29) is 16.5 Å². The number of anilines is 2. The molecule has 1 aliphatic rings. The molecular formula is C26H22F3N5O4. The van der Waals surface area contributed by atoms with Crippen LogP contribution in [-0.4, -0.2) is 37.9 Å². The molecule has 9 nitrogen and oxygen atoms in total. The molecule has 38 heavy (non-hydrogen) atoms. The summed E-state index contributed by atoms with van der Waals surface area (Å²) < 4.78 is 39.5. The molecule has 196 valence electrons. The lowest BCUT2D eigenvalue weighted by Gasteiger charge is -2.18. The first-order valence-electron chi connectivity index (χ1n) is 11.6. The fourth-order valence-corrected chi connectivity index (χ4v) is 4.27. The zero-order valence-electron chi connectivity index (χ0n) is 19.7. The number of nitrogens with one attached hydrogen (secondary N) is 2. The van der Waals surface area contributed by atoms with Crippen LogP contribution in [-0.2, 0) is 17.8 Å². The van der Waals surface area contributed by atoms with Crippen LogP contribution in [0.25, 0.3) is 5.69 Å². The second-order valence-corrected chi connectivity index (χ2v) is 8.68. The molecule has 0 spiro atoms. The number of halogens is 3. The predicted octanol–water partition coefficient (Wildman–Crippen LogP) is 3.04. The molecule has 2 atom stereocenters. The number of hydrogen-bond donors (Lipinski definition) is 3. The van der Waals surface area contributed by atoms with Crippen molar-refractivity contribution >= 4 is 17.6 Å². The van der Waals surface area contributed by atoms with E-state index in [0.717, 1.165) is 21.4 Å². The van der Waals surface area contributed by atoms with E-state index in [9.17, 15) is 27.9 Å². The Balaban J connectivity index is 1.34. The Kier molecular flexibility index (Phi) is 6.74. The zero-order chi connectivity index (χ0) is 26.9. The molecule has 0 fully saturated rings. The van der Waals surface area contributed by atoms with Crippen molar-refractivity contribution in [3.63, 3.8) is 0 Å². The van der Waals surface area contributed by atoms with Crippen LogP contribution >= 0.6 is 0 Å². The summed E-state index contributed by atoms with van der Waals surface area (Å²) >= 11 is 0. The van der Waals surface area contributed by atoms with Crippen molar-refractivity contribution in [2.75, 3.05) is 5.32 Å². The smallest absolute Gasteiger partial charge is 0.391 e. The third kappa shape index (κ3) is 5.17. The largest absolute Gasteiger partial charge is 0.493 e. The number of nitrogens with zero attached hydrogens (tertiary/aromatic N) is 3. The third-order valence-corrected chi connectivity index (χ3v) is 6.09. The highest BCUT2D eigenvalue weighted by atomic mass is 19.4. The van der Waals surface area contributed by atoms with E-state index in [0.29, 0.717) is 18.7 Å². The van der Waals surface area contributed by atoms with Crippen LogP contribution in [0.5, 0.6) is 0 Å². The van der Waals surface area contributed by atoms with E-state index < -0.39 is 29.9 Å². The molecule has 3 N–H and O–H groups in total. The minimum absolute atomic E-state index is 0.164. The van der Waals surface area contributed by atoms with Crippen LogP contribution in [0.2, 0.25) is 0 Å². The van der Waals surface area contributed by atoms with Gasteiger partial charge in [0.2, 0.25) is 0 Å². The Labute approximate surface area is 214 Å². The quantitative estimate of drug-likeness (QED) is 0.340. The van der Waals surface area contributed by atoms with Gasteiger partial charge in [0.05, 0.1) is 17.8 Å². The molecular weight excluding hydrogens is 503 g/mol. The van der Waals surface area contributed by atoms with E-state index in [1.807, 2.05) is 24.3 Å². The van der Waals surface area contributed by atoms with E-state index >= 15 is 0 Å². The number of para-hydroxylation sites is 1. The number of carbonyl (C=O) groups excluding carboxylic acids is 1. The van der Waals surface area contributed by atoms with Crippen LogP contribution in [0.15, 0.2) is 83.7 Å². The molecule has 0 unspecified atom stereocenters. The minimum Gasteiger partial charge on any atom is -0.391 e. The van der Waals surface area contributed by atoms with E-state index in [1.165, 1.54) is 12.1 Å². The fraction of sp³-hybridized carbons (Fsp3) is 0.192. The van der Waals surface area contributed by atoms with Crippen molar-refractivity contribution in [2.24, 2.45) is 0 Å². The average molecular weight is 525 g/mol. The van der Waals surface area contributed by atoms with Gasteiger partial charge < -0.3 is 20.6 Å². The van der Waals surface area contributed by atoms with Gasteiger partial charge in [-0.3, -0.25) is 0 Å². The Hall–Kier alpha value is -4.42. The van der Waals surface area contributed by atoms with Gasteiger partial charge in [-0.05, 0) is 41.0 Å². The van der Waals surface area contributed by atoms with Crippen molar-refractivity contribution in [1.29, 1.82) is 0 Å². The molecule has 1 heterocycles. The summed E-state index contributed by atoms with van der Waals surface area (Å²) in [7, 11) is 0. The molecule has 5 rings (SSSR count). The standard InChI is InChI=1S/C26H22F3N5O4/c27-26(28,29)23(36)38-34-24(32-33(25(34)37)19-7-2-1-3-8-19)31-18-12-10-16(11-13-18)15-30-22-20-9-5-4-6-17(20)14-21(22)35/h1-13,21-22,30,35H,14-15H2,(H,31,32)/t21-,22+/m0/s1. The highest BCUT2D eigenvalue weighted by Crippen LogP contribution is 2.31. The van der Waals surface area contributed by atoms with Crippen molar-refractivity contribution in [1.82, 2.24) is 19.8 Å². The number of aliphatic hydroxyl groups is 1. The highest BCUT2D eigenvalue weighted by Gasteiger charge is 2.43. The Bertz CT molecular complexity index is 1500. The summed E-state index contributed by atoms with van der Waals surface area (Å²) in [6, 6.07) is 22.4. The number of aliphatic hydroxyl groups excluding tert-OH is 1. The molecule has 1 aliphatic carbocycles.